The Morgan fingerprint density at radius 1 is 1.77 bits per heavy atom. The highest BCUT2D eigenvalue weighted by Gasteiger charge is 2.08. The van der Waals surface area contributed by atoms with Crippen LogP contribution in [0.15, 0.2) is 24.1 Å². The average Bonchev–Trinajstić information content (AvgIpc) is 2.51. The first-order valence-corrected chi connectivity index (χ1v) is 5.00. The zero-order valence-corrected chi connectivity index (χ0v) is 8.65. The van der Waals surface area contributed by atoms with Gasteiger partial charge in [0.25, 0.3) is 5.91 Å². The first kappa shape index (κ1) is 9.99. The van der Waals surface area contributed by atoms with Crippen LogP contribution in [0.3, 0.4) is 0 Å². The van der Waals surface area contributed by atoms with Crippen LogP contribution in [0.1, 0.15) is 22.2 Å². The number of nitrogens with one attached hydrogen (secondary N) is 1. The van der Waals surface area contributed by atoms with E-state index in [4.69, 9.17) is 0 Å². The summed E-state index contributed by atoms with van der Waals surface area (Å²) in [5.74, 6) is -0.0227. The van der Waals surface area contributed by atoms with E-state index in [1.165, 1.54) is 11.3 Å². The molecule has 0 aliphatic heterocycles. The number of hydrogen-bond donors (Lipinski definition) is 1. The van der Waals surface area contributed by atoms with E-state index in [1.54, 1.807) is 6.08 Å². The molecule has 3 heteroatoms. The van der Waals surface area contributed by atoms with Crippen molar-refractivity contribution in [3.05, 3.63) is 34.5 Å². The summed E-state index contributed by atoms with van der Waals surface area (Å²) in [5.41, 5.74) is 1.13. The van der Waals surface area contributed by atoms with Crippen LogP contribution in [0.5, 0.6) is 0 Å². The molecule has 0 spiro atoms. The molecule has 1 aromatic rings. The molecule has 1 aromatic heterocycles. The lowest BCUT2D eigenvalue weighted by Crippen LogP contribution is -2.30. The molecule has 0 aromatic carbocycles. The number of carbonyl (C=O) groups is 1. The van der Waals surface area contributed by atoms with E-state index < -0.39 is 0 Å². The quantitative estimate of drug-likeness (QED) is 0.737. The van der Waals surface area contributed by atoms with Crippen LogP contribution in [-0.4, -0.2) is 11.9 Å². The van der Waals surface area contributed by atoms with E-state index in [-0.39, 0.29) is 11.9 Å². The van der Waals surface area contributed by atoms with Gasteiger partial charge in [0, 0.05) is 6.04 Å². The Labute approximate surface area is 82.3 Å². The number of thiophene rings is 1. The van der Waals surface area contributed by atoms with Crippen LogP contribution in [-0.2, 0) is 0 Å². The molecule has 1 atom stereocenters. The van der Waals surface area contributed by atoms with Crippen LogP contribution in [0.4, 0.5) is 0 Å². The summed E-state index contributed by atoms with van der Waals surface area (Å²) in [6.07, 6.45) is 1.71. The van der Waals surface area contributed by atoms with Gasteiger partial charge in [-0.3, -0.25) is 4.79 Å². The van der Waals surface area contributed by atoms with E-state index in [1.807, 2.05) is 25.3 Å². The van der Waals surface area contributed by atoms with Crippen molar-refractivity contribution in [2.45, 2.75) is 19.9 Å². The zero-order valence-electron chi connectivity index (χ0n) is 7.83. The van der Waals surface area contributed by atoms with Crippen molar-refractivity contribution >= 4 is 17.2 Å². The molecule has 0 aliphatic rings. The first-order valence-electron chi connectivity index (χ1n) is 4.12. The molecule has 2 nitrogen and oxygen atoms in total. The molecule has 0 saturated carbocycles. The summed E-state index contributed by atoms with van der Waals surface area (Å²) < 4.78 is 0. The van der Waals surface area contributed by atoms with E-state index in [9.17, 15) is 4.79 Å². The molecule has 0 bridgehead atoms. The molecule has 70 valence electrons. The predicted octanol–water partition coefficient (Wildman–Crippen LogP) is 2.36. The van der Waals surface area contributed by atoms with Crippen molar-refractivity contribution < 1.29 is 4.79 Å². The molecule has 1 heterocycles. The van der Waals surface area contributed by atoms with Crippen molar-refractivity contribution in [3.63, 3.8) is 0 Å². The standard InChI is InChI=1S/C10H13NOS/c1-4-8(3)11-10(12)9-5-7(2)6-13-9/h4-6,8H,1H2,2-3H3,(H,11,12). The lowest BCUT2D eigenvalue weighted by molar-refractivity contribution is 0.0951. The maximum absolute atomic E-state index is 11.5. The highest BCUT2D eigenvalue weighted by atomic mass is 32.1. The number of amides is 1. The Morgan fingerprint density at radius 3 is 2.92 bits per heavy atom. The van der Waals surface area contributed by atoms with Gasteiger partial charge in [0.2, 0.25) is 0 Å². The third kappa shape index (κ3) is 2.70. The van der Waals surface area contributed by atoms with Crippen molar-refractivity contribution in [1.82, 2.24) is 5.32 Å². The zero-order chi connectivity index (χ0) is 9.84. The summed E-state index contributed by atoms with van der Waals surface area (Å²) in [4.78, 5) is 12.2. The fraction of sp³-hybridized carbons (Fsp3) is 0.300. The molecule has 0 radical (unpaired) electrons. The molecule has 1 N–H and O–H groups in total. The van der Waals surface area contributed by atoms with Crippen LogP contribution in [0.25, 0.3) is 0 Å². The molecule has 0 fully saturated rings. The largest absolute Gasteiger partial charge is 0.345 e. The van der Waals surface area contributed by atoms with E-state index in [2.05, 4.69) is 11.9 Å². The van der Waals surface area contributed by atoms with Crippen LogP contribution >= 0.6 is 11.3 Å². The summed E-state index contributed by atoms with van der Waals surface area (Å²) in [6.45, 7) is 7.47. The predicted molar refractivity (Wildman–Crippen MR) is 56.2 cm³/mol. The van der Waals surface area contributed by atoms with Gasteiger partial charge in [0.15, 0.2) is 0 Å². The molecule has 0 saturated heterocycles. The number of carbonyl (C=O) groups excluding carboxylic acids is 1. The number of hydrogen-bond acceptors (Lipinski definition) is 2. The van der Waals surface area contributed by atoms with Crippen molar-refractivity contribution in [3.8, 4) is 0 Å². The van der Waals surface area contributed by atoms with Gasteiger partial charge in [-0.1, -0.05) is 6.08 Å². The summed E-state index contributed by atoms with van der Waals surface area (Å²) in [6, 6.07) is 1.91. The van der Waals surface area contributed by atoms with Gasteiger partial charge < -0.3 is 5.32 Å². The second-order valence-corrected chi connectivity index (χ2v) is 3.90. The second-order valence-electron chi connectivity index (χ2n) is 2.99. The van der Waals surface area contributed by atoms with Gasteiger partial charge in [-0.25, -0.2) is 0 Å². The minimum atomic E-state index is -0.0227. The Balaban J connectivity index is 2.63. The maximum atomic E-state index is 11.5. The third-order valence-electron chi connectivity index (χ3n) is 1.67. The summed E-state index contributed by atoms with van der Waals surface area (Å²) in [7, 11) is 0. The monoisotopic (exact) mass is 195 g/mol. The van der Waals surface area contributed by atoms with Crippen LogP contribution in [0, 0.1) is 6.92 Å². The Bertz CT molecular complexity index is 316. The minimum absolute atomic E-state index is 0.0227. The van der Waals surface area contributed by atoms with Gasteiger partial charge in [0.1, 0.15) is 0 Å². The lowest BCUT2D eigenvalue weighted by atomic mass is 10.3. The molecule has 1 amide bonds. The summed E-state index contributed by atoms with van der Waals surface area (Å²) in [5, 5.41) is 4.78. The highest BCUT2D eigenvalue weighted by Crippen LogP contribution is 2.13. The highest BCUT2D eigenvalue weighted by molar-refractivity contribution is 7.12. The Morgan fingerprint density at radius 2 is 2.46 bits per heavy atom. The van der Waals surface area contributed by atoms with E-state index >= 15 is 0 Å². The van der Waals surface area contributed by atoms with Crippen LogP contribution < -0.4 is 5.32 Å². The first-order chi connectivity index (χ1) is 6.13. The molecule has 1 rings (SSSR count). The Hall–Kier alpha value is -1.09. The smallest absolute Gasteiger partial charge is 0.261 e. The van der Waals surface area contributed by atoms with Crippen molar-refractivity contribution in [2.75, 3.05) is 0 Å². The SMILES string of the molecule is C=CC(C)NC(=O)c1cc(C)cs1. The van der Waals surface area contributed by atoms with Crippen molar-refractivity contribution in [1.29, 1.82) is 0 Å². The average molecular weight is 195 g/mol. The minimum Gasteiger partial charge on any atom is -0.345 e. The van der Waals surface area contributed by atoms with Gasteiger partial charge in [-0.15, -0.1) is 17.9 Å². The van der Waals surface area contributed by atoms with Gasteiger partial charge in [0.05, 0.1) is 4.88 Å². The van der Waals surface area contributed by atoms with Crippen LogP contribution in [0.2, 0.25) is 0 Å². The van der Waals surface area contributed by atoms with Crippen molar-refractivity contribution in [2.24, 2.45) is 0 Å². The normalized spacial score (nSPS) is 12.2. The number of rotatable bonds is 3. The van der Waals surface area contributed by atoms with Gasteiger partial charge in [-0.2, -0.15) is 0 Å². The lowest BCUT2D eigenvalue weighted by Gasteiger charge is -2.06. The van der Waals surface area contributed by atoms with E-state index in [0.29, 0.717) is 0 Å². The van der Waals surface area contributed by atoms with E-state index in [0.717, 1.165) is 10.4 Å². The fourth-order valence-electron chi connectivity index (χ4n) is 0.887. The topological polar surface area (TPSA) is 29.1 Å². The molecular formula is C10H13NOS. The molecular weight excluding hydrogens is 182 g/mol. The maximum Gasteiger partial charge on any atom is 0.261 e. The third-order valence-corrected chi connectivity index (χ3v) is 2.71. The fourth-order valence-corrected chi connectivity index (χ4v) is 1.69. The van der Waals surface area contributed by atoms with Gasteiger partial charge >= 0.3 is 0 Å². The van der Waals surface area contributed by atoms with Gasteiger partial charge in [-0.05, 0) is 30.9 Å². The Kier molecular flexibility index (Phi) is 3.25. The molecule has 13 heavy (non-hydrogen) atoms. The summed E-state index contributed by atoms with van der Waals surface area (Å²) >= 11 is 1.46. The number of aryl methyl sites for hydroxylation is 1. The molecule has 0 aliphatic carbocycles. The molecule has 1 unspecified atom stereocenters. The second kappa shape index (κ2) is 4.23.